The lowest BCUT2D eigenvalue weighted by molar-refractivity contribution is -0.692. The van der Waals surface area contributed by atoms with E-state index in [-0.39, 0.29) is 6.16 Å². The molecule has 9 rings (SSSR count). The van der Waals surface area contributed by atoms with E-state index < -0.39 is 31.8 Å². The second-order valence-electron chi connectivity index (χ2n) is 17.3. The molecule has 338 valence electrons. The van der Waals surface area contributed by atoms with Gasteiger partial charge in [-0.25, -0.2) is 9.13 Å². The van der Waals surface area contributed by atoms with E-state index in [9.17, 15) is 9.13 Å². The van der Waals surface area contributed by atoms with Crippen molar-refractivity contribution >= 4 is 14.7 Å². The Labute approximate surface area is 391 Å². The minimum Gasteiger partial charge on any atom is -0.324 e. The van der Waals surface area contributed by atoms with E-state index in [4.69, 9.17) is 9.05 Å². The molecule has 0 N–H and O–H groups in total. The highest BCUT2D eigenvalue weighted by Crippen LogP contribution is 2.56. The molecule has 1 aliphatic rings. The fraction of sp³-hybridized carbons (Fsp3) is 0.200. The van der Waals surface area contributed by atoms with Crippen LogP contribution in [0.25, 0.3) is 44.8 Å². The van der Waals surface area contributed by atoms with Gasteiger partial charge in [0.25, 0.3) is 0 Å². The Morgan fingerprint density at radius 2 is 0.866 bits per heavy atom. The quantitative estimate of drug-likeness (QED) is 0.0715. The molecule has 0 bridgehead atoms. The minimum absolute atomic E-state index is 0.273. The molecule has 0 atom stereocenters. The Kier molecular flexibility index (Phi) is 13.1. The summed E-state index contributed by atoms with van der Waals surface area (Å²) in [6, 6.07) is 42.9. The number of hydrogen-bond donors (Lipinski definition) is 0. The Morgan fingerprint density at radius 1 is 0.493 bits per heavy atom. The van der Waals surface area contributed by atoms with Crippen LogP contribution in [0.5, 0.6) is 0 Å². The fourth-order valence-electron chi connectivity index (χ4n) is 9.23. The summed E-state index contributed by atoms with van der Waals surface area (Å²) in [6.07, 6.45) is 16.2. The summed E-state index contributed by atoms with van der Waals surface area (Å²) in [6.45, 7) is 9.05. The zero-order chi connectivity index (χ0) is 46.8. The van der Waals surface area contributed by atoms with Crippen molar-refractivity contribution in [1.29, 1.82) is 0 Å². The normalized spacial score (nSPS) is 13.0. The number of fused-ring (bicyclic) bond motifs is 3. The molecule has 4 heterocycles. The highest BCUT2D eigenvalue weighted by atomic mass is 31.2. The van der Waals surface area contributed by atoms with Crippen LogP contribution < -0.4 is 18.3 Å². The number of hydrogen-bond acceptors (Lipinski definition) is 4. The van der Waals surface area contributed by atoms with Crippen molar-refractivity contribution in [3.05, 3.63) is 217 Å². The van der Waals surface area contributed by atoms with Gasteiger partial charge in [0.15, 0.2) is 74.3 Å². The van der Waals surface area contributed by atoms with Crippen LogP contribution in [-0.4, -0.2) is 38.9 Å². The minimum atomic E-state index is -3.16. The molecule has 0 amide bonds. The van der Waals surface area contributed by atoms with Crippen molar-refractivity contribution in [2.75, 3.05) is 38.9 Å². The third-order valence-electron chi connectivity index (χ3n) is 12.6. The highest BCUT2D eigenvalue weighted by molar-refractivity contribution is 7.62. The third-order valence-corrected chi connectivity index (χ3v) is 15.9. The van der Waals surface area contributed by atoms with Crippen LogP contribution in [0.4, 0.5) is 8.78 Å². The van der Waals surface area contributed by atoms with Gasteiger partial charge in [0, 0.05) is 60.7 Å². The summed E-state index contributed by atoms with van der Waals surface area (Å²) in [5.41, 5.74) is 9.02. The number of benzene rings is 4. The van der Waals surface area contributed by atoms with Crippen LogP contribution in [0.2, 0.25) is 0 Å². The van der Waals surface area contributed by atoms with Gasteiger partial charge >= 0.3 is 7.60 Å². The largest absolute Gasteiger partial charge is 0.337 e. The molecule has 0 unspecified atom stereocenters. The standard InChI is InChI=1S/C55H54F2N4O4P2/c1-5-64-67(63,65-6-2)38-36-59-29-21-42(22-30-59)44-25-33-61(34-26-44)54-18-16-46(40-52(54)57)55(49-13-9-7-11-47(49)48-12-8-10-14-50(48)55)45-15-17-53(51(56)39-45)60-31-23-43(24-32-60)41-19-27-58(28-20-41)35-37-66(3,4)62/h7-34,39-40H,5-6,35-38H2,1-4H3/q+4. The van der Waals surface area contributed by atoms with E-state index in [1.54, 1.807) is 47.2 Å². The van der Waals surface area contributed by atoms with Gasteiger partial charge in [-0.2, -0.15) is 17.9 Å². The van der Waals surface area contributed by atoms with E-state index in [0.717, 1.165) is 44.5 Å². The number of rotatable bonds is 16. The average Bonchev–Trinajstić information content (AvgIpc) is 3.64. The molecule has 1 aliphatic carbocycles. The smallest absolute Gasteiger partial charge is 0.324 e. The van der Waals surface area contributed by atoms with Gasteiger partial charge in [-0.05, 0) is 94.9 Å². The number of aryl methyl sites for hydroxylation is 2. The van der Waals surface area contributed by atoms with Crippen molar-refractivity contribution in [3.8, 4) is 44.8 Å². The maximum absolute atomic E-state index is 16.8. The van der Waals surface area contributed by atoms with E-state index in [2.05, 4.69) is 24.3 Å². The number of pyridine rings is 4. The predicted octanol–water partition coefficient (Wildman–Crippen LogP) is 10.7. The SMILES string of the molecule is CCOP(=O)(CC[n+]1ccc(-c2cc[n+](-c3ccc(C4(c5ccc(-[n+]6ccc(-c7cc[n+](CCP(C)(C)=O)cc7)cc6)c(F)c5)c5ccccc5-c5ccccc54)cc3F)cc2)cc1)OCC. The first kappa shape index (κ1) is 45.9. The van der Waals surface area contributed by atoms with Gasteiger partial charge in [-0.1, -0.05) is 60.7 Å². The molecule has 0 radical (unpaired) electrons. The van der Waals surface area contributed by atoms with Gasteiger partial charge in [0.05, 0.1) is 31.9 Å². The fourth-order valence-corrected chi connectivity index (χ4v) is 11.5. The van der Waals surface area contributed by atoms with Crippen LogP contribution in [0, 0.1) is 11.6 Å². The van der Waals surface area contributed by atoms with Crippen molar-refractivity contribution < 1.29 is 45.2 Å². The van der Waals surface area contributed by atoms with E-state index in [1.807, 2.05) is 157 Å². The Morgan fingerprint density at radius 3 is 1.24 bits per heavy atom. The Balaban J connectivity index is 1.01. The van der Waals surface area contributed by atoms with E-state index in [0.29, 0.717) is 55.0 Å². The van der Waals surface area contributed by atoms with E-state index >= 15 is 8.78 Å². The van der Waals surface area contributed by atoms with Crippen molar-refractivity contribution in [3.63, 3.8) is 0 Å². The summed E-state index contributed by atoms with van der Waals surface area (Å²) in [5.74, 6) is -0.821. The summed E-state index contributed by atoms with van der Waals surface area (Å²) < 4.78 is 77.2. The first-order chi connectivity index (χ1) is 32.4. The lowest BCUT2D eigenvalue weighted by Gasteiger charge is -2.33. The topological polar surface area (TPSA) is 68.1 Å². The summed E-state index contributed by atoms with van der Waals surface area (Å²) in [4.78, 5) is 0. The molecule has 67 heavy (non-hydrogen) atoms. The summed E-state index contributed by atoms with van der Waals surface area (Å²) >= 11 is 0. The number of halogens is 2. The maximum Gasteiger partial charge on any atom is 0.337 e. The van der Waals surface area contributed by atoms with Crippen molar-refractivity contribution in [2.24, 2.45) is 0 Å². The van der Waals surface area contributed by atoms with Gasteiger partial charge in [-0.3, -0.25) is 4.57 Å². The number of aromatic nitrogens is 4. The molecule has 0 spiro atoms. The first-order valence-electron chi connectivity index (χ1n) is 22.6. The lowest BCUT2D eigenvalue weighted by atomic mass is 9.67. The zero-order valence-corrected chi connectivity index (χ0v) is 39.9. The van der Waals surface area contributed by atoms with Crippen LogP contribution >= 0.6 is 14.7 Å². The second kappa shape index (κ2) is 19.1. The predicted molar refractivity (Wildman–Crippen MR) is 258 cm³/mol. The van der Waals surface area contributed by atoms with Crippen molar-refractivity contribution in [1.82, 2.24) is 0 Å². The van der Waals surface area contributed by atoms with Gasteiger partial charge in [0.2, 0.25) is 11.4 Å². The maximum atomic E-state index is 16.8. The van der Waals surface area contributed by atoms with Crippen LogP contribution in [-0.2, 0) is 36.7 Å². The summed E-state index contributed by atoms with van der Waals surface area (Å²) in [7, 11) is -5.26. The molecule has 8 aromatic rings. The lowest BCUT2D eigenvalue weighted by Crippen LogP contribution is -2.34. The first-order valence-corrected chi connectivity index (χ1v) is 27.1. The summed E-state index contributed by atoms with van der Waals surface area (Å²) in [5, 5.41) is 0. The van der Waals surface area contributed by atoms with Crippen molar-refractivity contribution in [2.45, 2.75) is 32.4 Å². The highest BCUT2D eigenvalue weighted by Gasteiger charge is 2.47. The molecular weight excluding hydrogens is 881 g/mol. The van der Waals surface area contributed by atoms with Crippen LogP contribution in [0.3, 0.4) is 0 Å². The molecule has 0 fully saturated rings. The average molecular weight is 935 g/mol. The van der Waals surface area contributed by atoms with Gasteiger partial charge in [-0.15, -0.1) is 0 Å². The van der Waals surface area contributed by atoms with Gasteiger partial charge < -0.3 is 13.6 Å². The van der Waals surface area contributed by atoms with Crippen LogP contribution in [0.1, 0.15) is 36.1 Å². The Bertz CT molecular complexity index is 3100. The molecule has 4 aromatic heterocycles. The van der Waals surface area contributed by atoms with Gasteiger partial charge in [0.1, 0.15) is 6.16 Å². The second-order valence-corrected chi connectivity index (χ2v) is 23.1. The molecule has 0 aliphatic heterocycles. The van der Waals surface area contributed by atoms with Crippen LogP contribution in [0.15, 0.2) is 183 Å². The number of nitrogens with zero attached hydrogens (tertiary/aromatic N) is 4. The third kappa shape index (κ3) is 9.37. The Hall–Kier alpha value is -6.28. The molecule has 0 saturated heterocycles. The van der Waals surface area contributed by atoms with E-state index in [1.165, 1.54) is 0 Å². The monoisotopic (exact) mass is 934 g/mol. The zero-order valence-electron chi connectivity index (χ0n) is 38.1. The molecule has 0 saturated carbocycles. The molecule has 4 aromatic carbocycles. The molecular formula is C55H54F2N4O4P2+4. The molecule has 8 nitrogen and oxygen atoms in total. The molecule has 12 heteroatoms.